The fraction of sp³-hybridized carbons (Fsp3) is 0.417. The van der Waals surface area contributed by atoms with E-state index in [1.54, 1.807) is 0 Å². The number of benzene rings is 1. The van der Waals surface area contributed by atoms with Crippen molar-refractivity contribution in [3.05, 3.63) is 35.4 Å². The van der Waals surface area contributed by atoms with E-state index in [0.717, 1.165) is 18.6 Å². The van der Waals surface area contributed by atoms with Gasteiger partial charge >= 0.3 is 0 Å². The highest BCUT2D eigenvalue weighted by Gasteiger charge is 2.15. The number of nitrogens with zero attached hydrogens (tertiary/aromatic N) is 1. The molecular formula is C12H16F2N2O. The number of carbonyl (C=O) groups is 1. The molecule has 0 aromatic heterocycles. The second kappa shape index (κ2) is 6.30. The van der Waals surface area contributed by atoms with Crippen LogP contribution in [0.2, 0.25) is 0 Å². The van der Waals surface area contributed by atoms with Crippen molar-refractivity contribution in [2.24, 2.45) is 5.73 Å². The smallest absolute Gasteiger partial charge is 0.254 e. The Hall–Kier alpha value is -1.49. The summed E-state index contributed by atoms with van der Waals surface area (Å²) < 4.78 is 25.7. The van der Waals surface area contributed by atoms with Crippen LogP contribution in [0.3, 0.4) is 0 Å². The van der Waals surface area contributed by atoms with E-state index in [2.05, 4.69) is 0 Å². The molecule has 1 rings (SSSR count). The lowest BCUT2D eigenvalue weighted by atomic mass is 10.2. The molecule has 0 aliphatic heterocycles. The summed E-state index contributed by atoms with van der Waals surface area (Å²) in [6.07, 6.45) is 0.787. The summed E-state index contributed by atoms with van der Waals surface area (Å²) in [4.78, 5) is 13.5. The van der Waals surface area contributed by atoms with Crippen molar-refractivity contribution in [1.82, 2.24) is 4.90 Å². The first kappa shape index (κ1) is 13.6. The molecule has 0 atom stereocenters. The summed E-state index contributed by atoms with van der Waals surface area (Å²) in [5.41, 5.74) is 5.55. The predicted octanol–water partition coefficient (Wildman–Crippen LogP) is 1.78. The summed E-state index contributed by atoms with van der Waals surface area (Å²) in [5.74, 6) is -2.29. The summed E-state index contributed by atoms with van der Waals surface area (Å²) >= 11 is 0. The Kier molecular flexibility index (Phi) is 5.03. The third kappa shape index (κ3) is 3.49. The van der Waals surface area contributed by atoms with E-state index in [4.69, 9.17) is 5.73 Å². The van der Waals surface area contributed by atoms with Crippen LogP contribution in [0.4, 0.5) is 8.78 Å². The second-order valence-corrected chi connectivity index (χ2v) is 3.71. The lowest BCUT2D eigenvalue weighted by Crippen LogP contribution is -2.36. The Morgan fingerprint density at radius 1 is 1.29 bits per heavy atom. The monoisotopic (exact) mass is 242 g/mol. The summed E-state index contributed by atoms with van der Waals surface area (Å²) in [6.45, 7) is 3.23. The fourth-order valence-electron chi connectivity index (χ4n) is 1.55. The number of rotatable bonds is 5. The van der Waals surface area contributed by atoms with Crippen LogP contribution >= 0.6 is 0 Å². The van der Waals surface area contributed by atoms with Gasteiger partial charge in [0.15, 0.2) is 11.6 Å². The van der Waals surface area contributed by atoms with Gasteiger partial charge < -0.3 is 10.6 Å². The molecule has 1 amide bonds. The highest BCUT2D eigenvalue weighted by molar-refractivity contribution is 5.94. The molecular weight excluding hydrogens is 226 g/mol. The number of amides is 1. The van der Waals surface area contributed by atoms with Crippen LogP contribution in [-0.2, 0) is 0 Å². The van der Waals surface area contributed by atoms with Crippen molar-refractivity contribution in [3.63, 3.8) is 0 Å². The van der Waals surface area contributed by atoms with E-state index in [1.165, 1.54) is 11.0 Å². The van der Waals surface area contributed by atoms with Crippen molar-refractivity contribution >= 4 is 5.91 Å². The standard InChI is InChI=1S/C12H16F2N2O/c1-2-6-16(7-5-15)12(17)9-3-4-10(13)11(14)8-9/h3-4,8H,2,5-7,15H2,1H3. The number of carbonyl (C=O) groups excluding carboxylic acids is 1. The molecule has 94 valence electrons. The molecule has 0 radical (unpaired) electrons. The summed E-state index contributed by atoms with van der Waals surface area (Å²) in [5, 5.41) is 0. The fourth-order valence-corrected chi connectivity index (χ4v) is 1.55. The van der Waals surface area contributed by atoms with Crippen LogP contribution < -0.4 is 5.73 Å². The average molecular weight is 242 g/mol. The Bertz CT molecular complexity index is 390. The van der Waals surface area contributed by atoms with E-state index < -0.39 is 11.6 Å². The molecule has 0 saturated carbocycles. The molecule has 0 saturated heterocycles. The largest absolute Gasteiger partial charge is 0.337 e. The molecule has 1 aromatic rings. The van der Waals surface area contributed by atoms with E-state index in [0.29, 0.717) is 19.6 Å². The zero-order chi connectivity index (χ0) is 12.8. The van der Waals surface area contributed by atoms with Crippen molar-refractivity contribution in [2.45, 2.75) is 13.3 Å². The minimum atomic E-state index is -1.01. The third-order valence-corrected chi connectivity index (χ3v) is 2.35. The van der Waals surface area contributed by atoms with Crippen molar-refractivity contribution in [2.75, 3.05) is 19.6 Å². The SMILES string of the molecule is CCCN(CCN)C(=O)c1ccc(F)c(F)c1. The molecule has 0 spiro atoms. The maximum absolute atomic E-state index is 13.0. The minimum absolute atomic E-state index is 0.144. The zero-order valence-electron chi connectivity index (χ0n) is 9.75. The quantitative estimate of drug-likeness (QED) is 0.855. The number of hydrogen-bond donors (Lipinski definition) is 1. The van der Waals surface area contributed by atoms with Crippen molar-refractivity contribution in [3.8, 4) is 0 Å². The lowest BCUT2D eigenvalue weighted by Gasteiger charge is -2.21. The van der Waals surface area contributed by atoms with Crippen LogP contribution in [0.25, 0.3) is 0 Å². The van der Waals surface area contributed by atoms with Gasteiger partial charge in [-0.2, -0.15) is 0 Å². The molecule has 2 N–H and O–H groups in total. The van der Waals surface area contributed by atoms with Crippen LogP contribution in [-0.4, -0.2) is 30.4 Å². The normalized spacial score (nSPS) is 10.4. The van der Waals surface area contributed by atoms with Gasteiger partial charge in [0.05, 0.1) is 0 Å². The van der Waals surface area contributed by atoms with E-state index in [9.17, 15) is 13.6 Å². The van der Waals surface area contributed by atoms with E-state index >= 15 is 0 Å². The molecule has 17 heavy (non-hydrogen) atoms. The van der Waals surface area contributed by atoms with Crippen LogP contribution in [0.1, 0.15) is 23.7 Å². The minimum Gasteiger partial charge on any atom is -0.337 e. The molecule has 0 heterocycles. The van der Waals surface area contributed by atoms with Gasteiger partial charge in [-0.1, -0.05) is 6.92 Å². The lowest BCUT2D eigenvalue weighted by molar-refractivity contribution is 0.0759. The van der Waals surface area contributed by atoms with E-state index in [-0.39, 0.29) is 11.5 Å². The van der Waals surface area contributed by atoms with Crippen LogP contribution in [0.5, 0.6) is 0 Å². The number of nitrogens with two attached hydrogens (primary N) is 1. The zero-order valence-corrected chi connectivity index (χ0v) is 9.75. The Morgan fingerprint density at radius 2 is 2.00 bits per heavy atom. The Morgan fingerprint density at radius 3 is 2.53 bits per heavy atom. The molecule has 0 fully saturated rings. The maximum atomic E-state index is 13.0. The molecule has 0 aliphatic carbocycles. The van der Waals surface area contributed by atoms with Gasteiger partial charge in [0, 0.05) is 25.2 Å². The average Bonchev–Trinajstić information content (AvgIpc) is 2.31. The molecule has 3 nitrogen and oxygen atoms in total. The molecule has 5 heteroatoms. The summed E-state index contributed by atoms with van der Waals surface area (Å²) in [7, 11) is 0. The maximum Gasteiger partial charge on any atom is 0.254 e. The van der Waals surface area contributed by atoms with Gasteiger partial charge in [0.25, 0.3) is 5.91 Å². The highest BCUT2D eigenvalue weighted by Crippen LogP contribution is 2.11. The van der Waals surface area contributed by atoms with Gasteiger partial charge in [-0.25, -0.2) is 8.78 Å². The first-order valence-corrected chi connectivity index (χ1v) is 5.54. The topological polar surface area (TPSA) is 46.3 Å². The molecule has 0 unspecified atom stereocenters. The first-order chi connectivity index (χ1) is 8.10. The first-order valence-electron chi connectivity index (χ1n) is 5.54. The Labute approximate surface area is 99.2 Å². The number of hydrogen-bond acceptors (Lipinski definition) is 2. The van der Waals surface area contributed by atoms with Gasteiger partial charge in [0.1, 0.15) is 0 Å². The van der Waals surface area contributed by atoms with Crippen molar-refractivity contribution < 1.29 is 13.6 Å². The summed E-state index contributed by atoms with van der Waals surface area (Å²) in [6, 6.07) is 3.14. The van der Waals surface area contributed by atoms with E-state index in [1.807, 2.05) is 6.92 Å². The van der Waals surface area contributed by atoms with Gasteiger partial charge in [-0.05, 0) is 24.6 Å². The predicted molar refractivity (Wildman–Crippen MR) is 61.6 cm³/mol. The number of halogens is 2. The van der Waals surface area contributed by atoms with Crippen LogP contribution in [0, 0.1) is 11.6 Å². The highest BCUT2D eigenvalue weighted by atomic mass is 19.2. The molecule has 0 aliphatic rings. The van der Waals surface area contributed by atoms with Crippen LogP contribution in [0.15, 0.2) is 18.2 Å². The van der Waals surface area contributed by atoms with Gasteiger partial charge in [-0.3, -0.25) is 4.79 Å². The molecule has 1 aromatic carbocycles. The second-order valence-electron chi connectivity index (χ2n) is 3.71. The third-order valence-electron chi connectivity index (χ3n) is 2.35. The Balaban J connectivity index is 2.88. The molecule has 0 bridgehead atoms. The van der Waals surface area contributed by atoms with Gasteiger partial charge in [-0.15, -0.1) is 0 Å². The van der Waals surface area contributed by atoms with Gasteiger partial charge in [0.2, 0.25) is 0 Å². The van der Waals surface area contributed by atoms with Crippen molar-refractivity contribution in [1.29, 1.82) is 0 Å².